The number of isocyanates is 1. The van der Waals surface area contributed by atoms with Crippen molar-refractivity contribution >= 4 is 6.08 Å². The molecule has 52 valence electrons. The van der Waals surface area contributed by atoms with Gasteiger partial charge in [0.05, 0.1) is 0 Å². The molecule has 0 radical (unpaired) electrons. The number of hydrogen-bond acceptors (Lipinski definition) is 3. The lowest BCUT2D eigenvalue weighted by molar-refractivity contribution is 0.546. The molecule has 3 heteroatoms. The molecule has 1 atom stereocenters. The van der Waals surface area contributed by atoms with Gasteiger partial charge in [-0.25, -0.2) is 4.79 Å². The van der Waals surface area contributed by atoms with Gasteiger partial charge >= 0.3 is 0 Å². The zero-order valence-corrected chi connectivity index (χ0v) is 5.63. The van der Waals surface area contributed by atoms with E-state index in [-0.39, 0.29) is 6.17 Å². The second-order valence-corrected chi connectivity index (χ2v) is 1.93. The van der Waals surface area contributed by atoms with Crippen LogP contribution in [0.3, 0.4) is 0 Å². The minimum atomic E-state index is -0.331. The van der Waals surface area contributed by atoms with Crippen LogP contribution in [0.2, 0.25) is 0 Å². The highest BCUT2D eigenvalue weighted by Gasteiger charge is 1.95. The van der Waals surface area contributed by atoms with Crippen LogP contribution in [0, 0.1) is 0 Å². The van der Waals surface area contributed by atoms with Crippen molar-refractivity contribution in [1.29, 1.82) is 0 Å². The van der Waals surface area contributed by atoms with Crippen molar-refractivity contribution in [2.45, 2.75) is 32.4 Å². The third kappa shape index (κ3) is 5.21. The molecule has 0 aliphatic heterocycles. The van der Waals surface area contributed by atoms with E-state index in [1.807, 2.05) is 0 Å². The largest absolute Gasteiger partial charge is 0.309 e. The van der Waals surface area contributed by atoms with Gasteiger partial charge in [-0.1, -0.05) is 19.8 Å². The monoisotopic (exact) mass is 128 g/mol. The highest BCUT2D eigenvalue weighted by atomic mass is 16.1. The summed E-state index contributed by atoms with van der Waals surface area (Å²) < 4.78 is 0. The van der Waals surface area contributed by atoms with E-state index in [1.165, 1.54) is 6.08 Å². The normalized spacial score (nSPS) is 12.2. The van der Waals surface area contributed by atoms with Crippen LogP contribution < -0.4 is 5.73 Å². The molecule has 0 aromatic rings. The second-order valence-electron chi connectivity index (χ2n) is 1.93. The van der Waals surface area contributed by atoms with Crippen LogP contribution in [0.5, 0.6) is 0 Å². The van der Waals surface area contributed by atoms with E-state index in [0.29, 0.717) is 0 Å². The molecule has 0 spiro atoms. The summed E-state index contributed by atoms with van der Waals surface area (Å²) in [5.74, 6) is 0. The molecule has 0 saturated carbocycles. The lowest BCUT2D eigenvalue weighted by Crippen LogP contribution is -2.15. The van der Waals surface area contributed by atoms with Gasteiger partial charge in [-0.3, -0.25) is 0 Å². The number of hydrogen-bond donors (Lipinski definition) is 1. The van der Waals surface area contributed by atoms with Crippen LogP contribution in [0.4, 0.5) is 0 Å². The maximum atomic E-state index is 9.61. The molecular weight excluding hydrogens is 116 g/mol. The number of aliphatic imine (C=N–C) groups is 1. The maximum absolute atomic E-state index is 9.61. The maximum Gasteiger partial charge on any atom is 0.236 e. The minimum Gasteiger partial charge on any atom is -0.309 e. The van der Waals surface area contributed by atoms with Crippen LogP contribution >= 0.6 is 0 Å². The van der Waals surface area contributed by atoms with Crippen LogP contribution in [-0.4, -0.2) is 12.2 Å². The molecule has 3 nitrogen and oxygen atoms in total. The zero-order valence-electron chi connectivity index (χ0n) is 5.63. The molecule has 0 amide bonds. The van der Waals surface area contributed by atoms with Crippen LogP contribution in [-0.2, 0) is 4.79 Å². The van der Waals surface area contributed by atoms with Gasteiger partial charge in [0.25, 0.3) is 0 Å². The lowest BCUT2D eigenvalue weighted by atomic mass is 10.2. The van der Waals surface area contributed by atoms with E-state index in [2.05, 4.69) is 11.9 Å². The fourth-order valence-electron chi connectivity index (χ4n) is 0.546. The van der Waals surface area contributed by atoms with E-state index in [0.717, 1.165) is 19.3 Å². The summed E-state index contributed by atoms with van der Waals surface area (Å²) in [6.07, 6.45) is 3.98. The molecular formula is C6H12N2O. The fourth-order valence-corrected chi connectivity index (χ4v) is 0.546. The van der Waals surface area contributed by atoms with Gasteiger partial charge in [0.15, 0.2) is 0 Å². The summed E-state index contributed by atoms with van der Waals surface area (Å²) in [7, 11) is 0. The Hall–Kier alpha value is -0.660. The summed E-state index contributed by atoms with van der Waals surface area (Å²) in [4.78, 5) is 12.9. The van der Waals surface area contributed by atoms with E-state index in [9.17, 15) is 4.79 Å². The molecule has 0 aromatic heterocycles. The van der Waals surface area contributed by atoms with Crippen LogP contribution in [0.1, 0.15) is 26.2 Å². The smallest absolute Gasteiger partial charge is 0.236 e. The molecule has 2 N–H and O–H groups in total. The third-order valence-electron chi connectivity index (χ3n) is 1.07. The first-order valence-corrected chi connectivity index (χ1v) is 3.13. The minimum absolute atomic E-state index is 0.331. The molecule has 0 fully saturated rings. The second kappa shape index (κ2) is 5.48. The Bertz CT molecular complexity index is 108. The number of nitrogens with zero attached hydrogens (tertiary/aromatic N) is 1. The standard InChI is InChI=1S/C6H12N2O/c1-2-3-4-6(7)8-5-9/h6H,2-4,7H2,1H3. The van der Waals surface area contributed by atoms with Crippen molar-refractivity contribution in [3.63, 3.8) is 0 Å². The molecule has 0 aromatic carbocycles. The average Bonchev–Trinajstić information content (AvgIpc) is 1.85. The highest BCUT2D eigenvalue weighted by Crippen LogP contribution is 1.97. The molecule has 1 unspecified atom stereocenters. The fraction of sp³-hybridized carbons (Fsp3) is 0.833. The van der Waals surface area contributed by atoms with Crippen molar-refractivity contribution in [2.24, 2.45) is 10.7 Å². The molecule has 9 heavy (non-hydrogen) atoms. The number of carbonyl (C=O) groups excluding carboxylic acids is 1. The van der Waals surface area contributed by atoms with E-state index >= 15 is 0 Å². The van der Waals surface area contributed by atoms with Crippen molar-refractivity contribution in [3.8, 4) is 0 Å². The Morgan fingerprint density at radius 2 is 2.44 bits per heavy atom. The summed E-state index contributed by atoms with van der Waals surface area (Å²) in [5, 5.41) is 0. The van der Waals surface area contributed by atoms with Crippen LogP contribution in [0.25, 0.3) is 0 Å². The quantitative estimate of drug-likeness (QED) is 0.449. The molecule has 0 heterocycles. The topological polar surface area (TPSA) is 55.4 Å². The molecule has 0 aliphatic carbocycles. The number of rotatable bonds is 4. The Labute approximate surface area is 55.0 Å². The van der Waals surface area contributed by atoms with E-state index in [4.69, 9.17) is 5.73 Å². The Morgan fingerprint density at radius 3 is 2.89 bits per heavy atom. The van der Waals surface area contributed by atoms with E-state index < -0.39 is 0 Å². The Balaban J connectivity index is 3.26. The van der Waals surface area contributed by atoms with Gasteiger partial charge in [0, 0.05) is 0 Å². The molecule has 0 rings (SSSR count). The zero-order chi connectivity index (χ0) is 7.11. The third-order valence-corrected chi connectivity index (χ3v) is 1.07. The summed E-state index contributed by atoms with van der Waals surface area (Å²) in [5.41, 5.74) is 5.34. The van der Waals surface area contributed by atoms with Crippen molar-refractivity contribution in [1.82, 2.24) is 0 Å². The number of nitrogens with two attached hydrogens (primary N) is 1. The molecule has 0 bridgehead atoms. The number of unbranched alkanes of at least 4 members (excludes halogenated alkanes) is 1. The Kier molecular flexibility index (Phi) is 5.07. The van der Waals surface area contributed by atoms with E-state index in [1.54, 1.807) is 0 Å². The van der Waals surface area contributed by atoms with Gasteiger partial charge in [-0.05, 0) is 6.42 Å². The van der Waals surface area contributed by atoms with Gasteiger partial charge in [0.2, 0.25) is 6.08 Å². The highest BCUT2D eigenvalue weighted by molar-refractivity contribution is 5.33. The van der Waals surface area contributed by atoms with Gasteiger partial charge < -0.3 is 5.73 Å². The van der Waals surface area contributed by atoms with Crippen molar-refractivity contribution in [2.75, 3.05) is 0 Å². The molecule has 0 saturated heterocycles. The lowest BCUT2D eigenvalue weighted by Gasteiger charge is -1.99. The van der Waals surface area contributed by atoms with Gasteiger partial charge in [-0.15, -0.1) is 0 Å². The predicted octanol–water partition coefficient (Wildman–Crippen LogP) is 0.797. The van der Waals surface area contributed by atoms with Gasteiger partial charge in [-0.2, -0.15) is 4.99 Å². The first-order valence-electron chi connectivity index (χ1n) is 3.13. The van der Waals surface area contributed by atoms with Crippen LogP contribution in [0.15, 0.2) is 4.99 Å². The van der Waals surface area contributed by atoms with Crippen molar-refractivity contribution < 1.29 is 4.79 Å². The van der Waals surface area contributed by atoms with Crippen molar-refractivity contribution in [3.05, 3.63) is 0 Å². The Morgan fingerprint density at radius 1 is 1.78 bits per heavy atom. The summed E-state index contributed by atoms with van der Waals surface area (Å²) in [6, 6.07) is 0. The predicted molar refractivity (Wildman–Crippen MR) is 35.6 cm³/mol. The first kappa shape index (κ1) is 8.34. The van der Waals surface area contributed by atoms with Gasteiger partial charge in [0.1, 0.15) is 6.17 Å². The average molecular weight is 128 g/mol. The first-order chi connectivity index (χ1) is 4.31. The SMILES string of the molecule is CCCCC(N)N=C=O. The molecule has 0 aliphatic rings. The summed E-state index contributed by atoms with van der Waals surface area (Å²) >= 11 is 0. The summed E-state index contributed by atoms with van der Waals surface area (Å²) in [6.45, 7) is 2.07.